The molecule has 120 valence electrons. The third kappa shape index (κ3) is 7.44. The Morgan fingerprint density at radius 3 is 2.67 bits per heavy atom. The second-order valence-corrected chi connectivity index (χ2v) is 5.74. The first-order valence-electron chi connectivity index (χ1n) is 7.87. The van der Waals surface area contributed by atoms with Crippen LogP contribution in [0.2, 0.25) is 0 Å². The van der Waals surface area contributed by atoms with Crippen LogP contribution in [0, 0.1) is 11.7 Å². The normalized spacial score (nSPS) is 11.1. The van der Waals surface area contributed by atoms with Gasteiger partial charge in [0, 0.05) is 18.7 Å². The second-order valence-electron chi connectivity index (χ2n) is 5.74. The molecule has 0 unspecified atom stereocenters. The molecule has 1 rings (SSSR count). The third-order valence-electron chi connectivity index (χ3n) is 3.22. The Balaban J connectivity index is 2.43. The maximum Gasteiger partial charge on any atom is 0.165 e. The number of para-hydroxylation sites is 1. The molecular weight excluding hydrogens is 269 g/mol. The molecule has 1 aromatic carbocycles. The highest BCUT2D eigenvalue weighted by Gasteiger charge is 2.09. The van der Waals surface area contributed by atoms with Gasteiger partial charge in [-0.1, -0.05) is 32.4 Å². The Kier molecular flexibility index (Phi) is 9.02. The Morgan fingerprint density at radius 1 is 1.19 bits per heavy atom. The summed E-state index contributed by atoms with van der Waals surface area (Å²) in [4.78, 5) is 0. The molecule has 0 saturated carbocycles. The van der Waals surface area contributed by atoms with Gasteiger partial charge in [-0.3, -0.25) is 0 Å². The molecule has 0 aromatic heterocycles. The summed E-state index contributed by atoms with van der Waals surface area (Å²) in [5.41, 5.74) is 0.867. The van der Waals surface area contributed by atoms with Crippen molar-refractivity contribution in [2.45, 2.75) is 46.1 Å². The average molecular weight is 297 g/mol. The number of halogens is 1. The smallest absolute Gasteiger partial charge is 0.165 e. The lowest BCUT2D eigenvalue weighted by Crippen LogP contribution is -2.19. The van der Waals surface area contributed by atoms with Gasteiger partial charge in [-0.05, 0) is 37.8 Å². The minimum atomic E-state index is -0.297. The van der Waals surface area contributed by atoms with Crippen LogP contribution in [-0.2, 0) is 6.54 Å². The topological polar surface area (TPSA) is 41.5 Å². The van der Waals surface area contributed by atoms with E-state index in [2.05, 4.69) is 19.2 Å². The van der Waals surface area contributed by atoms with E-state index in [4.69, 9.17) is 9.84 Å². The fourth-order valence-corrected chi connectivity index (χ4v) is 2.09. The summed E-state index contributed by atoms with van der Waals surface area (Å²) in [6.45, 7) is 6.56. The van der Waals surface area contributed by atoms with Crippen molar-refractivity contribution in [3.8, 4) is 5.75 Å². The maximum absolute atomic E-state index is 13.9. The van der Waals surface area contributed by atoms with E-state index in [1.54, 1.807) is 6.07 Å². The second kappa shape index (κ2) is 10.6. The zero-order valence-electron chi connectivity index (χ0n) is 13.2. The summed E-state index contributed by atoms with van der Waals surface area (Å²) in [6, 6.07) is 5.06. The maximum atomic E-state index is 13.9. The number of unbranched alkanes of at least 4 members (excludes halogenated alkanes) is 3. The lowest BCUT2D eigenvalue weighted by Gasteiger charge is -2.14. The lowest BCUT2D eigenvalue weighted by atomic mass is 10.1. The number of benzene rings is 1. The van der Waals surface area contributed by atoms with Crippen LogP contribution >= 0.6 is 0 Å². The van der Waals surface area contributed by atoms with Crippen LogP contribution in [0.25, 0.3) is 0 Å². The van der Waals surface area contributed by atoms with Crippen molar-refractivity contribution >= 4 is 0 Å². The molecule has 0 spiro atoms. The zero-order chi connectivity index (χ0) is 15.5. The van der Waals surface area contributed by atoms with Gasteiger partial charge in [0.25, 0.3) is 0 Å². The van der Waals surface area contributed by atoms with Gasteiger partial charge < -0.3 is 15.2 Å². The predicted molar refractivity (Wildman–Crippen MR) is 84.0 cm³/mol. The van der Waals surface area contributed by atoms with Crippen molar-refractivity contribution in [2.75, 3.05) is 19.8 Å². The first-order chi connectivity index (χ1) is 10.1. The molecule has 0 aliphatic heterocycles. The highest BCUT2D eigenvalue weighted by molar-refractivity contribution is 5.34. The minimum Gasteiger partial charge on any atom is -0.490 e. The summed E-state index contributed by atoms with van der Waals surface area (Å²) in [5, 5.41) is 12.0. The lowest BCUT2D eigenvalue weighted by molar-refractivity contribution is 0.268. The Labute approximate surface area is 127 Å². The van der Waals surface area contributed by atoms with E-state index < -0.39 is 0 Å². The first kappa shape index (κ1) is 17.9. The van der Waals surface area contributed by atoms with Crippen LogP contribution in [0.4, 0.5) is 4.39 Å². The number of aliphatic hydroxyl groups is 1. The molecule has 2 N–H and O–H groups in total. The molecule has 21 heavy (non-hydrogen) atoms. The van der Waals surface area contributed by atoms with Gasteiger partial charge in [0.1, 0.15) is 0 Å². The number of hydrogen-bond donors (Lipinski definition) is 2. The summed E-state index contributed by atoms with van der Waals surface area (Å²) in [7, 11) is 0. The molecule has 0 fully saturated rings. The van der Waals surface area contributed by atoms with Gasteiger partial charge in [0.05, 0.1) is 6.61 Å². The Bertz CT molecular complexity index is 396. The van der Waals surface area contributed by atoms with Crippen molar-refractivity contribution in [3.63, 3.8) is 0 Å². The van der Waals surface area contributed by atoms with Crippen LogP contribution in [0.5, 0.6) is 5.75 Å². The zero-order valence-corrected chi connectivity index (χ0v) is 13.2. The van der Waals surface area contributed by atoms with E-state index in [9.17, 15) is 4.39 Å². The van der Waals surface area contributed by atoms with E-state index in [0.717, 1.165) is 37.8 Å². The highest BCUT2D eigenvalue weighted by Crippen LogP contribution is 2.23. The van der Waals surface area contributed by atoms with Gasteiger partial charge in [-0.2, -0.15) is 0 Å². The number of aliphatic hydroxyl groups excluding tert-OH is 1. The first-order valence-corrected chi connectivity index (χ1v) is 7.87. The number of nitrogens with one attached hydrogen (secondary N) is 1. The molecule has 0 bridgehead atoms. The fraction of sp³-hybridized carbons (Fsp3) is 0.647. The quantitative estimate of drug-likeness (QED) is 0.614. The number of hydrogen-bond acceptors (Lipinski definition) is 3. The summed E-state index contributed by atoms with van der Waals surface area (Å²) >= 11 is 0. The molecule has 0 heterocycles. The molecule has 4 heteroatoms. The van der Waals surface area contributed by atoms with E-state index in [0.29, 0.717) is 24.8 Å². The van der Waals surface area contributed by atoms with Gasteiger partial charge in [0.2, 0.25) is 0 Å². The molecule has 0 radical (unpaired) electrons. The van der Waals surface area contributed by atoms with Crippen LogP contribution in [-0.4, -0.2) is 24.9 Å². The van der Waals surface area contributed by atoms with Crippen molar-refractivity contribution in [3.05, 3.63) is 29.6 Å². The van der Waals surface area contributed by atoms with Crippen LogP contribution < -0.4 is 10.1 Å². The SMILES string of the molecule is CC(C)CNCc1cccc(F)c1OCCCCCCO. The molecule has 0 aliphatic carbocycles. The van der Waals surface area contributed by atoms with Crippen molar-refractivity contribution in [2.24, 2.45) is 5.92 Å². The largest absolute Gasteiger partial charge is 0.490 e. The third-order valence-corrected chi connectivity index (χ3v) is 3.22. The Hall–Kier alpha value is -1.13. The predicted octanol–water partition coefficient (Wildman–Crippen LogP) is 3.50. The van der Waals surface area contributed by atoms with Gasteiger partial charge in [0.15, 0.2) is 11.6 Å². The minimum absolute atomic E-state index is 0.236. The molecule has 0 saturated heterocycles. The van der Waals surface area contributed by atoms with Crippen molar-refractivity contribution < 1.29 is 14.2 Å². The molecule has 3 nitrogen and oxygen atoms in total. The molecule has 0 aliphatic rings. The molecule has 0 atom stereocenters. The van der Waals surface area contributed by atoms with Crippen LogP contribution in [0.15, 0.2) is 18.2 Å². The number of ether oxygens (including phenoxy) is 1. The van der Waals surface area contributed by atoms with E-state index in [-0.39, 0.29) is 12.4 Å². The van der Waals surface area contributed by atoms with Gasteiger partial charge >= 0.3 is 0 Å². The summed E-state index contributed by atoms with van der Waals surface area (Å²) in [5.74, 6) is 0.638. The van der Waals surface area contributed by atoms with Crippen LogP contribution in [0.1, 0.15) is 45.1 Å². The fourth-order valence-electron chi connectivity index (χ4n) is 2.09. The molecule has 0 amide bonds. The standard InChI is InChI=1S/C17H28FNO2/c1-14(2)12-19-13-15-8-7-9-16(18)17(15)21-11-6-4-3-5-10-20/h7-9,14,19-20H,3-6,10-13H2,1-2H3. The van der Waals surface area contributed by atoms with Crippen molar-refractivity contribution in [1.82, 2.24) is 5.32 Å². The highest BCUT2D eigenvalue weighted by atomic mass is 19.1. The van der Waals surface area contributed by atoms with Crippen LogP contribution in [0.3, 0.4) is 0 Å². The van der Waals surface area contributed by atoms with E-state index >= 15 is 0 Å². The van der Waals surface area contributed by atoms with E-state index in [1.807, 2.05) is 6.07 Å². The van der Waals surface area contributed by atoms with Gasteiger partial charge in [-0.15, -0.1) is 0 Å². The molecular formula is C17H28FNO2. The number of rotatable bonds is 11. The average Bonchev–Trinajstić information content (AvgIpc) is 2.44. The molecule has 1 aromatic rings. The van der Waals surface area contributed by atoms with Gasteiger partial charge in [-0.25, -0.2) is 4.39 Å². The summed E-state index contributed by atoms with van der Waals surface area (Å²) in [6.07, 6.45) is 3.69. The Morgan fingerprint density at radius 2 is 1.95 bits per heavy atom. The summed E-state index contributed by atoms with van der Waals surface area (Å²) < 4.78 is 19.5. The monoisotopic (exact) mass is 297 g/mol. The van der Waals surface area contributed by atoms with E-state index in [1.165, 1.54) is 6.07 Å². The van der Waals surface area contributed by atoms with Crippen molar-refractivity contribution in [1.29, 1.82) is 0 Å².